The van der Waals surface area contributed by atoms with Crippen LogP contribution in [0.15, 0.2) is 60.7 Å². The molecule has 0 unspecified atom stereocenters. The fourth-order valence-corrected chi connectivity index (χ4v) is 4.08. The quantitative estimate of drug-likeness (QED) is 0.359. The van der Waals surface area contributed by atoms with Gasteiger partial charge in [-0.3, -0.25) is 4.79 Å². The molecule has 1 aliphatic heterocycles. The Bertz CT molecular complexity index is 1380. The molecule has 0 aliphatic carbocycles. The number of hydrogen-bond acceptors (Lipinski definition) is 6. The molecule has 0 radical (unpaired) electrons. The van der Waals surface area contributed by atoms with Crippen LogP contribution in [0.3, 0.4) is 0 Å². The smallest absolute Gasteiger partial charge is 0.216 e. The molecule has 4 rings (SSSR count). The predicted molar refractivity (Wildman–Crippen MR) is 146 cm³/mol. The number of nitrogens with zero attached hydrogens (tertiary/aromatic N) is 1. The van der Waals surface area contributed by atoms with E-state index in [-0.39, 0.29) is 11.5 Å². The molecular weight excluding hydrogens is 466 g/mol. The monoisotopic (exact) mass is 500 g/mol. The summed E-state index contributed by atoms with van der Waals surface area (Å²) in [5.74, 6) is 0.190. The molecule has 3 aromatic rings. The Hall–Kier alpha value is -4.10. The van der Waals surface area contributed by atoms with Gasteiger partial charge in [-0.05, 0) is 48.4 Å². The number of amides is 1. The standard InChI is InChI=1S/C23H19NO3.C7H16N2O/c1-14-8-10-18-20(12-14)27-21-13-15(24(2)3)9-11-19(21)22(18)16-6-4-5-7-17(16)23(25)26;1-7(10)9-6-4-2-3-5-8/h4-13H,1H2,2-3H3,(H,25,26);2-6,8H2,1H3,(H,9,10)/p-1. The van der Waals surface area contributed by atoms with Crippen LogP contribution in [-0.4, -0.2) is 39.1 Å². The van der Waals surface area contributed by atoms with Crippen LogP contribution >= 0.6 is 0 Å². The van der Waals surface area contributed by atoms with Crippen molar-refractivity contribution in [1.29, 1.82) is 0 Å². The number of rotatable bonds is 8. The van der Waals surface area contributed by atoms with E-state index < -0.39 is 5.97 Å². The Balaban J connectivity index is 0.000000325. The highest BCUT2D eigenvalue weighted by atomic mass is 16.5. The molecule has 7 heteroatoms. The van der Waals surface area contributed by atoms with E-state index in [2.05, 4.69) is 11.9 Å². The van der Waals surface area contributed by atoms with Crippen molar-refractivity contribution in [2.24, 2.45) is 5.73 Å². The molecule has 3 N–H and O–H groups in total. The summed E-state index contributed by atoms with van der Waals surface area (Å²) < 4.78 is 6.15. The Kier molecular flexibility index (Phi) is 9.46. The highest BCUT2D eigenvalue weighted by molar-refractivity contribution is 5.97. The largest absolute Gasteiger partial charge is 0.545 e. The first kappa shape index (κ1) is 27.5. The Morgan fingerprint density at radius 3 is 2.41 bits per heavy atom. The van der Waals surface area contributed by atoms with Gasteiger partial charge in [-0.25, -0.2) is 0 Å². The SMILES string of the molecule is C=c1ccc2c(c1)Oc1cc(N(C)C)ccc1C=2c1ccccc1C(=O)[O-].CC(=O)NCCCCCN. The first-order valence-corrected chi connectivity index (χ1v) is 12.3. The van der Waals surface area contributed by atoms with Crippen molar-refractivity contribution in [2.45, 2.75) is 26.2 Å². The molecule has 0 saturated carbocycles. The number of carbonyl (C=O) groups is 2. The van der Waals surface area contributed by atoms with Crippen molar-refractivity contribution < 1.29 is 19.4 Å². The minimum absolute atomic E-state index is 0.0488. The highest BCUT2D eigenvalue weighted by Crippen LogP contribution is 2.38. The summed E-state index contributed by atoms with van der Waals surface area (Å²) in [5, 5.41) is 16.1. The summed E-state index contributed by atoms with van der Waals surface area (Å²) in [6, 6.07) is 18.5. The number of carboxylic acids is 1. The van der Waals surface area contributed by atoms with Crippen molar-refractivity contribution in [3.63, 3.8) is 0 Å². The maximum absolute atomic E-state index is 11.7. The summed E-state index contributed by atoms with van der Waals surface area (Å²) >= 11 is 0. The van der Waals surface area contributed by atoms with Crippen LogP contribution in [0.1, 0.15) is 47.7 Å². The second-order valence-electron chi connectivity index (χ2n) is 9.05. The van der Waals surface area contributed by atoms with E-state index in [0.717, 1.165) is 59.6 Å². The molecule has 1 heterocycles. The van der Waals surface area contributed by atoms with E-state index in [1.165, 1.54) is 6.92 Å². The van der Waals surface area contributed by atoms with Crippen molar-refractivity contribution in [3.8, 4) is 11.5 Å². The molecule has 0 atom stereocenters. The fraction of sp³-hybridized carbons (Fsp3) is 0.267. The second kappa shape index (κ2) is 12.7. The van der Waals surface area contributed by atoms with Gasteiger partial charge in [-0.15, -0.1) is 0 Å². The lowest BCUT2D eigenvalue weighted by Gasteiger charge is -2.24. The van der Waals surface area contributed by atoms with Gasteiger partial charge >= 0.3 is 0 Å². The number of anilines is 1. The van der Waals surface area contributed by atoms with E-state index >= 15 is 0 Å². The zero-order valence-corrected chi connectivity index (χ0v) is 21.7. The third kappa shape index (κ3) is 6.98. The van der Waals surface area contributed by atoms with E-state index in [1.807, 2.05) is 61.5 Å². The first-order valence-electron chi connectivity index (χ1n) is 12.3. The van der Waals surface area contributed by atoms with Gasteiger partial charge in [0.2, 0.25) is 5.91 Å². The number of aromatic carboxylic acids is 1. The lowest BCUT2D eigenvalue weighted by Crippen LogP contribution is -2.26. The van der Waals surface area contributed by atoms with Gasteiger partial charge < -0.3 is 30.6 Å². The third-order valence-corrected chi connectivity index (χ3v) is 5.96. The maximum atomic E-state index is 11.7. The molecule has 0 bridgehead atoms. The fourth-order valence-electron chi connectivity index (χ4n) is 4.08. The number of benzene rings is 3. The molecule has 0 aromatic heterocycles. The highest BCUT2D eigenvalue weighted by Gasteiger charge is 2.22. The van der Waals surface area contributed by atoms with Gasteiger partial charge in [0, 0.05) is 61.2 Å². The molecule has 0 fully saturated rings. The van der Waals surface area contributed by atoms with Crippen LogP contribution in [0.2, 0.25) is 0 Å². The number of carboxylic acid groups (broad SMARTS) is 1. The van der Waals surface area contributed by atoms with Crippen molar-refractivity contribution in [3.05, 3.63) is 87.8 Å². The molecule has 0 spiro atoms. The van der Waals surface area contributed by atoms with Crippen molar-refractivity contribution in [2.75, 3.05) is 32.1 Å². The molecule has 37 heavy (non-hydrogen) atoms. The van der Waals surface area contributed by atoms with Crippen molar-refractivity contribution >= 4 is 29.7 Å². The van der Waals surface area contributed by atoms with Gasteiger partial charge in [-0.1, -0.05) is 49.4 Å². The summed E-state index contributed by atoms with van der Waals surface area (Å²) in [7, 11) is 3.92. The van der Waals surface area contributed by atoms with Gasteiger partial charge in [-0.2, -0.15) is 0 Å². The van der Waals surface area contributed by atoms with Crippen LogP contribution in [0.4, 0.5) is 5.69 Å². The third-order valence-electron chi connectivity index (χ3n) is 5.96. The number of nitrogens with one attached hydrogen (secondary N) is 1. The summed E-state index contributed by atoms with van der Waals surface area (Å²) in [4.78, 5) is 24.0. The van der Waals surface area contributed by atoms with E-state index in [4.69, 9.17) is 10.5 Å². The molecule has 3 aromatic carbocycles. The Labute approximate surface area is 217 Å². The molecule has 194 valence electrons. The average Bonchev–Trinajstić information content (AvgIpc) is 2.87. The first-order chi connectivity index (χ1) is 17.7. The van der Waals surface area contributed by atoms with Crippen LogP contribution < -0.4 is 36.2 Å². The van der Waals surface area contributed by atoms with Crippen LogP contribution in [0.25, 0.3) is 12.2 Å². The average molecular weight is 501 g/mol. The summed E-state index contributed by atoms with van der Waals surface area (Å²) in [6.45, 7) is 7.04. The number of hydrogen-bond donors (Lipinski definition) is 2. The number of unbranched alkanes of at least 4 members (excludes halogenated alkanes) is 2. The number of carbonyl (C=O) groups excluding carboxylic acids is 2. The molecule has 1 aliphatic rings. The normalized spacial score (nSPS) is 11.3. The van der Waals surface area contributed by atoms with Crippen molar-refractivity contribution in [1.82, 2.24) is 5.32 Å². The maximum Gasteiger partial charge on any atom is 0.216 e. The number of fused-ring (bicyclic) bond motifs is 2. The van der Waals surface area contributed by atoms with Gasteiger partial charge in [0.15, 0.2) is 0 Å². The molecule has 1 amide bonds. The summed E-state index contributed by atoms with van der Waals surface area (Å²) in [5.41, 5.74) is 8.70. The lowest BCUT2D eigenvalue weighted by molar-refractivity contribution is -0.255. The van der Waals surface area contributed by atoms with Gasteiger partial charge in [0.1, 0.15) is 11.5 Å². The minimum atomic E-state index is -1.20. The number of ether oxygens (including phenoxy) is 1. The Morgan fingerprint density at radius 1 is 0.973 bits per heavy atom. The zero-order valence-electron chi connectivity index (χ0n) is 21.7. The van der Waals surface area contributed by atoms with Gasteiger partial charge in [0.05, 0.1) is 5.97 Å². The Morgan fingerprint density at radius 2 is 1.73 bits per heavy atom. The van der Waals surface area contributed by atoms with Gasteiger partial charge in [0.25, 0.3) is 0 Å². The van der Waals surface area contributed by atoms with Crippen LogP contribution in [0, 0.1) is 0 Å². The summed E-state index contributed by atoms with van der Waals surface area (Å²) in [6.07, 6.45) is 3.20. The second-order valence-corrected chi connectivity index (χ2v) is 9.05. The minimum Gasteiger partial charge on any atom is -0.545 e. The van der Waals surface area contributed by atoms with E-state index in [0.29, 0.717) is 17.1 Å². The predicted octanol–water partition coefficient (Wildman–Crippen LogP) is 2.13. The topological polar surface area (TPSA) is 108 Å². The zero-order chi connectivity index (χ0) is 26.9. The van der Waals surface area contributed by atoms with Crippen LogP contribution in [0.5, 0.6) is 11.5 Å². The molecular formula is C30H34N3O4-. The van der Waals surface area contributed by atoms with Crippen LogP contribution in [-0.2, 0) is 4.79 Å². The lowest BCUT2D eigenvalue weighted by atomic mass is 9.89. The number of nitrogens with two attached hydrogens (primary N) is 1. The van der Waals surface area contributed by atoms with E-state index in [9.17, 15) is 14.7 Å². The molecule has 0 saturated heterocycles. The molecule has 7 nitrogen and oxygen atoms in total. The van der Waals surface area contributed by atoms with E-state index in [1.54, 1.807) is 18.2 Å².